The Morgan fingerprint density at radius 3 is 2.89 bits per heavy atom. The van der Waals surface area contributed by atoms with Gasteiger partial charge < -0.3 is 10.1 Å². The number of ether oxygens (including phenoxy) is 1. The molecule has 0 unspecified atom stereocenters. The number of carbonyl (C=O) groups is 1. The van der Waals surface area contributed by atoms with Gasteiger partial charge in [0.15, 0.2) is 0 Å². The highest BCUT2D eigenvalue weighted by molar-refractivity contribution is 5.67. The Kier molecular flexibility index (Phi) is 4.92. The molecule has 0 radical (unpaired) electrons. The van der Waals surface area contributed by atoms with Crippen LogP contribution in [0.4, 0.5) is 4.79 Å². The number of rotatable bonds is 6. The second kappa shape index (κ2) is 7.15. The molecular weight excluding hydrogens is 244 g/mol. The maximum absolute atomic E-state index is 11.4. The minimum Gasteiger partial charge on any atom is -0.445 e. The minimum absolute atomic E-state index is 0.287. The van der Waals surface area contributed by atoms with Gasteiger partial charge in [0.25, 0.3) is 0 Å². The lowest BCUT2D eigenvalue weighted by molar-refractivity contribution is 0.139. The molecule has 0 saturated carbocycles. The largest absolute Gasteiger partial charge is 0.445 e. The number of aryl methyl sites for hydroxylation is 1. The quantitative estimate of drug-likeness (QED) is 0.801. The lowest BCUT2D eigenvalue weighted by Crippen LogP contribution is -2.26. The Morgan fingerprint density at radius 2 is 2.16 bits per heavy atom. The van der Waals surface area contributed by atoms with Gasteiger partial charge in [-0.1, -0.05) is 35.5 Å². The number of benzene rings is 1. The Bertz CT molecular complexity index is 485. The summed E-state index contributed by atoms with van der Waals surface area (Å²) in [7, 11) is 0. The van der Waals surface area contributed by atoms with Gasteiger partial charge >= 0.3 is 6.09 Å². The fraction of sp³-hybridized carbons (Fsp3) is 0.308. The molecule has 0 aliphatic heterocycles. The summed E-state index contributed by atoms with van der Waals surface area (Å²) >= 11 is 0. The van der Waals surface area contributed by atoms with Crippen LogP contribution >= 0.6 is 0 Å². The molecule has 1 N–H and O–H groups in total. The maximum atomic E-state index is 11.4. The molecular formula is C13H16N4O2. The third-order valence-corrected chi connectivity index (χ3v) is 2.52. The van der Waals surface area contributed by atoms with Crippen LogP contribution in [0.2, 0.25) is 0 Å². The highest BCUT2D eigenvalue weighted by atomic mass is 16.5. The highest BCUT2D eigenvalue weighted by Gasteiger charge is 2.01. The van der Waals surface area contributed by atoms with Gasteiger partial charge in [-0.05, 0) is 12.0 Å². The van der Waals surface area contributed by atoms with E-state index in [1.165, 1.54) is 0 Å². The van der Waals surface area contributed by atoms with E-state index >= 15 is 0 Å². The Hall–Kier alpha value is -2.37. The van der Waals surface area contributed by atoms with E-state index in [1.807, 2.05) is 30.3 Å². The monoisotopic (exact) mass is 260 g/mol. The summed E-state index contributed by atoms with van der Waals surface area (Å²) in [5, 5.41) is 10.2. The first kappa shape index (κ1) is 13.1. The van der Waals surface area contributed by atoms with Crippen LogP contribution in [0.5, 0.6) is 0 Å². The van der Waals surface area contributed by atoms with Gasteiger partial charge in [0.05, 0.1) is 6.20 Å². The van der Waals surface area contributed by atoms with Crippen molar-refractivity contribution in [3.05, 3.63) is 48.3 Å². The predicted octanol–water partition coefficient (Wildman–Crippen LogP) is 1.59. The molecule has 100 valence electrons. The molecule has 1 amide bonds. The van der Waals surface area contributed by atoms with Crippen molar-refractivity contribution in [1.82, 2.24) is 20.3 Å². The second-order valence-electron chi connectivity index (χ2n) is 4.01. The smallest absolute Gasteiger partial charge is 0.407 e. The average molecular weight is 260 g/mol. The number of nitrogens with one attached hydrogen (secondary N) is 1. The molecule has 1 aromatic heterocycles. The Labute approximate surface area is 111 Å². The first-order chi connectivity index (χ1) is 9.34. The number of aromatic nitrogens is 3. The number of carbonyl (C=O) groups excluding carboxylic acids is 1. The van der Waals surface area contributed by atoms with E-state index < -0.39 is 6.09 Å². The summed E-state index contributed by atoms with van der Waals surface area (Å²) in [5.41, 5.74) is 0.972. The van der Waals surface area contributed by atoms with Gasteiger partial charge in [0, 0.05) is 19.3 Å². The van der Waals surface area contributed by atoms with Crippen LogP contribution in [0.15, 0.2) is 42.7 Å². The van der Waals surface area contributed by atoms with Crippen molar-refractivity contribution in [1.29, 1.82) is 0 Å². The van der Waals surface area contributed by atoms with Crippen molar-refractivity contribution in [2.75, 3.05) is 6.54 Å². The van der Waals surface area contributed by atoms with Crippen molar-refractivity contribution in [3.63, 3.8) is 0 Å². The van der Waals surface area contributed by atoms with Crippen molar-refractivity contribution in [2.24, 2.45) is 0 Å². The van der Waals surface area contributed by atoms with Crippen LogP contribution in [0.25, 0.3) is 0 Å². The van der Waals surface area contributed by atoms with Crippen molar-refractivity contribution in [2.45, 2.75) is 19.6 Å². The summed E-state index contributed by atoms with van der Waals surface area (Å²) in [4.78, 5) is 11.4. The summed E-state index contributed by atoms with van der Waals surface area (Å²) < 4.78 is 6.80. The lowest BCUT2D eigenvalue weighted by atomic mass is 10.2. The molecule has 0 saturated heterocycles. The molecule has 1 heterocycles. The first-order valence-corrected chi connectivity index (χ1v) is 6.13. The molecule has 0 fully saturated rings. The Morgan fingerprint density at radius 1 is 1.32 bits per heavy atom. The summed E-state index contributed by atoms with van der Waals surface area (Å²) in [6.07, 6.45) is 3.79. The second-order valence-corrected chi connectivity index (χ2v) is 4.01. The van der Waals surface area contributed by atoms with E-state index in [2.05, 4.69) is 15.6 Å². The molecule has 0 bridgehead atoms. The van der Waals surface area contributed by atoms with Gasteiger partial charge in [-0.2, -0.15) is 0 Å². The molecule has 19 heavy (non-hydrogen) atoms. The van der Waals surface area contributed by atoms with E-state index in [1.54, 1.807) is 17.1 Å². The van der Waals surface area contributed by atoms with Crippen LogP contribution in [0.1, 0.15) is 12.0 Å². The SMILES string of the molecule is O=C(NCCCn1ccnn1)OCc1ccccc1. The molecule has 2 rings (SSSR count). The van der Waals surface area contributed by atoms with Crippen molar-refractivity contribution in [3.8, 4) is 0 Å². The molecule has 0 aliphatic rings. The third kappa shape index (κ3) is 4.79. The Balaban J connectivity index is 1.57. The van der Waals surface area contributed by atoms with Gasteiger partial charge in [-0.15, -0.1) is 5.10 Å². The molecule has 0 atom stereocenters. The van der Waals surface area contributed by atoms with E-state index in [4.69, 9.17) is 4.74 Å². The molecule has 0 aliphatic carbocycles. The molecule has 6 nitrogen and oxygen atoms in total. The molecule has 1 aromatic carbocycles. The molecule has 2 aromatic rings. The van der Waals surface area contributed by atoms with Gasteiger partial charge in [-0.3, -0.25) is 4.68 Å². The van der Waals surface area contributed by atoms with E-state index in [0.29, 0.717) is 6.54 Å². The highest BCUT2D eigenvalue weighted by Crippen LogP contribution is 2.00. The standard InChI is InChI=1S/C13H16N4O2/c18-13(19-11-12-5-2-1-3-6-12)14-7-4-9-17-10-8-15-16-17/h1-3,5-6,8,10H,4,7,9,11H2,(H,14,18). The average Bonchev–Trinajstić information content (AvgIpc) is 2.96. The first-order valence-electron chi connectivity index (χ1n) is 6.13. The van der Waals surface area contributed by atoms with Crippen molar-refractivity contribution >= 4 is 6.09 Å². The molecule has 0 spiro atoms. The number of hydrogen-bond donors (Lipinski definition) is 1. The maximum Gasteiger partial charge on any atom is 0.407 e. The van der Waals surface area contributed by atoms with Crippen LogP contribution in [0.3, 0.4) is 0 Å². The van der Waals surface area contributed by atoms with Crippen LogP contribution < -0.4 is 5.32 Å². The number of alkyl carbamates (subject to hydrolysis) is 1. The van der Waals surface area contributed by atoms with E-state index in [9.17, 15) is 4.79 Å². The van der Waals surface area contributed by atoms with Crippen LogP contribution in [0, 0.1) is 0 Å². The van der Waals surface area contributed by atoms with Gasteiger partial charge in [-0.25, -0.2) is 4.79 Å². The molecule has 6 heteroatoms. The van der Waals surface area contributed by atoms with Gasteiger partial charge in [0.1, 0.15) is 6.61 Å². The van der Waals surface area contributed by atoms with E-state index in [-0.39, 0.29) is 6.61 Å². The fourth-order valence-corrected chi connectivity index (χ4v) is 1.56. The summed E-state index contributed by atoms with van der Waals surface area (Å²) in [6.45, 7) is 1.56. The number of hydrogen-bond acceptors (Lipinski definition) is 4. The zero-order valence-corrected chi connectivity index (χ0v) is 10.5. The van der Waals surface area contributed by atoms with Crippen molar-refractivity contribution < 1.29 is 9.53 Å². The fourth-order valence-electron chi connectivity index (χ4n) is 1.56. The summed E-state index contributed by atoms with van der Waals surface area (Å²) in [6, 6.07) is 9.58. The zero-order chi connectivity index (χ0) is 13.3. The normalized spacial score (nSPS) is 10.1. The number of amides is 1. The van der Waals surface area contributed by atoms with E-state index in [0.717, 1.165) is 18.5 Å². The third-order valence-electron chi connectivity index (χ3n) is 2.52. The minimum atomic E-state index is -0.401. The van der Waals surface area contributed by atoms with Crippen LogP contribution in [-0.2, 0) is 17.9 Å². The summed E-state index contributed by atoms with van der Waals surface area (Å²) in [5.74, 6) is 0. The number of nitrogens with zero attached hydrogens (tertiary/aromatic N) is 3. The van der Waals surface area contributed by atoms with Crippen LogP contribution in [-0.4, -0.2) is 27.6 Å². The zero-order valence-electron chi connectivity index (χ0n) is 10.5. The van der Waals surface area contributed by atoms with Gasteiger partial charge in [0.2, 0.25) is 0 Å². The predicted molar refractivity (Wildman–Crippen MR) is 69.3 cm³/mol. The lowest BCUT2D eigenvalue weighted by Gasteiger charge is -2.06. The topological polar surface area (TPSA) is 69.0 Å².